The minimum atomic E-state index is -1.18. The van der Waals surface area contributed by atoms with Crippen LogP contribution in [0.25, 0.3) is 0 Å². The normalized spacial score (nSPS) is 19.6. The number of rotatable bonds is 10. The van der Waals surface area contributed by atoms with Crippen molar-refractivity contribution in [2.75, 3.05) is 11.5 Å². The highest BCUT2D eigenvalue weighted by molar-refractivity contribution is 8.01. The number of carbonyl (C=O) groups excluding carboxylic acids is 2. The maximum atomic E-state index is 12.7. The Balaban J connectivity index is 1.31. The largest absolute Gasteiger partial charge is 0.477 e. The van der Waals surface area contributed by atoms with Crippen LogP contribution in [0, 0.1) is 17.0 Å². The third-order valence-electron chi connectivity index (χ3n) is 5.07. The highest BCUT2D eigenvalue weighted by Gasteiger charge is 2.54. The lowest BCUT2D eigenvalue weighted by molar-refractivity contribution is -0.385. The Morgan fingerprint density at radius 2 is 2.21 bits per heavy atom. The summed E-state index contributed by atoms with van der Waals surface area (Å²) >= 11 is 4.20. The van der Waals surface area contributed by atoms with Gasteiger partial charge < -0.3 is 10.4 Å². The SMILES string of the molecule is Cc1nnc(SCC2=C(C(=O)O)N3C(=O)[C@@H](NC(=O)CCCn4cc([N+](=O)[O-])cn4)[C@@H]3SC2)s1. The van der Waals surface area contributed by atoms with Crippen LogP contribution in [0.3, 0.4) is 0 Å². The number of nitro groups is 1. The zero-order valence-corrected chi connectivity index (χ0v) is 20.2. The lowest BCUT2D eigenvalue weighted by Crippen LogP contribution is -2.70. The van der Waals surface area contributed by atoms with Crippen molar-refractivity contribution in [1.82, 2.24) is 30.2 Å². The summed E-state index contributed by atoms with van der Waals surface area (Å²) in [6.07, 6.45) is 2.89. The predicted octanol–water partition coefficient (Wildman–Crippen LogP) is 1.26. The molecule has 0 aliphatic carbocycles. The number of fused-ring (bicyclic) bond motifs is 1. The first kappa shape index (κ1) is 24.2. The number of aliphatic carboxylic acids is 1. The number of amides is 2. The molecule has 2 N–H and O–H groups in total. The smallest absolute Gasteiger partial charge is 0.352 e. The van der Waals surface area contributed by atoms with Crippen molar-refractivity contribution in [3.05, 3.63) is 38.8 Å². The van der Waals surface area contributed by atoms with E-state index < -0.39 is 28.2 Å². The molecule has 2 aliphatic heterocycles. The number of carbonyl (C=O) groups is 3. The minimum Gasteiger partial charge on any atom is -0.477 e. The minimum absolute atomic E-state index is 0.0340. The van der Waals surface area contributed by atoms with Crippen LogP contribution in [-0.2, 0) is 20.9 Å². The standard InChI is InChI=1S/C18H19N7O6S3/c1-9-21-22-18(34-9)33-8-10-7-32-16-13(15(27)24(16)14(10)17(28)29)20-12(26)3-2-4-23-6-11(5-19-23)25(30)31/h5-6,13,16H,2-4,7-8H2,1H3,(H,20,26)(H,28,29)/t13-,16+/m1/s1. The predicted molar refractivity (Wildman–Crippen MR) is 123 cm³/mol. The molecule has 2 atom stereocenters. The van der Waals surface area contributed by atoms with Gasteiger partial charge in [0.05, 0.1) is 4.92 Å². The quantitative estimate of drug-likeness (QED) is 0.198. The lowest BCUT2D eigenvalue weighted by atomic mass is 10.0. The molecule has 0 aromatic carbocycles. The van der Waals surface area contributed by atoms with Crippen molar-refractivity contribution in [3.8, 4) is 0 Å². The van der Waals surface area contributed by atoms with Gasteiger partial charge in [-0.1, -0.05) is 23.1 Å². The molecule has 4 heterocycles. The van der Waals surface area contributed by atoms with E-state index in [9.17, 15) is 29.6 Å². The second-order valence-corrected chi connectivity index (χ2v) is 10.9. The Bertz CT molecular complexity index is 1180. The average molecular weight is 526 g/mol. The maximum Gasteiger partial charge on any atom is 0.352 e. The Hall–Kier alpha value is -2.98. The Morgan fingerprint density at radius 3 is 2.85 bits per heavy atom. The molecule has 2 aromatic rings. The van der Waals surface area contributed by atoms with Crippen molar-refractivity contribution in [2.45, 2.75) is 42.1 Å². The number of carboxylic acids is 1. The van der Waals surface area contributed by atoms with Gasteiger partial charge in [0.2, 0.25) is 5.91 Å². The number of hydrogen-bond acceptors (Lipinski definition) is 11. The number of β-lactam (4-membered cyclic amide) rings is 1. The van der Waals surface area contributed by atoms with Gasteiger partial charge in [-0.2, -0.15) is 5.10 Å². The van der Waals surface area contributed by atoms with Gasteiger partial charge in [0.1, 0.15) is 34.5 Å². The molecule has 34 heavy (non-hydrogen) atoms. The highest BCUT2D eigenvalue weighted by Crippen LogP contribution is 2.41. The van der Waals surface area contributed by atoms with Gasteiger partial charge in [-0.05, 0) is 18.9 Å². The molecule has 0 spiro atoms. The van der Waals surface area contributed by atoms with E-state index in [4.69, 9.17) is 0 Å². The first-order valence-electron chi connectivity index (χ1n) is 10.0. The zero-order valence-electron chi connectivity index (χ0n) is 17.7. The van der Waals surface area contributed by atoms with Crippen molar-refractivity contribution in [3.63, 3.8) is 0 Å². The molecule has 4 rings (SSSR count). The maximum absolute atomic E-state index is 12.7. The number of carboxylic acid groups (broad SMARTS) is 1. The van der Waals surface area contributed by atoms with Gasteiger partial charge in [-0.3, -0.25) is 29.3 Å². The third-order valence-corrected chi connectivity index (χ3v) is 8.46. The van der Waals surface area contributed by atoms with E-state index >= 15 is 0 Å². The number of nitrogens with one attached hydrogen (secondary N) is 1. The Morgan fingerprint density at radius 1 is 1.41 bits per heavy atom. The molecular weight excluding hydrogens is 506 g/mol. The van der Waals surface area contributed by atoms with E-state index in [0.717, 1.165) is 15.5 Å². The third kappa shape index (κ3) is 5.07. The summed E-state index contributed by atoms with van der Waals surface area (Å²) in [5.41, 5.74) is 0.462. The summed E-state index contributed by atoms with van der Waals surface area (Å²) in [5, 5.41) is 35.3. The first-order chi connectivity index (χ1) is 16.2. The summed E-state index contributed by atoms with van der Waals surface area (Å²) in [5.74, 6) is -1.19. The van der Waals surface area contributed by atoms with E-state index in [1.807, 2.05) is 6.92 Å². The summed E-state index contributed by atoms with van der Waals surface area (Å²) in [4.78, 5) is 48.4. The van der Waals surface area contributed by atoms with E-state index in [-0.39, 0.29) is 23.7 Å². The highest BCUT2D eigenvalue weighted by atomic mass is 32.2. The van der Waals surface area contributed by atoms with Crippen LogP contribution in [0.15, 0.2) is 28.0 Å². The van der Waals surface area contributed by atoms with Crippen LogP contribution in [0.1, 0.15) is 17.8 Å². The molecule has 1 fully saturated rings. The molecule has 13 nitrogen and oxygen atoms in total. The molecule has 1 saturated heterocycles. The van der Waals surface area contributed by atoms with Gasteiger partial charge in [0.25, 0.3) is 5.91 Å². The molecule has 0 radical (unpaired) electrons. The molecule has 0 unspecified atom stereocenters. The van der Waals surface area contributed by atoms with E-state index in [1.54, 1.807) is 0 Å². The van der Waals surface area contributed by atoms with E-state index in [2.05, 4.69) is 20.6 Å². The number of hydrogen-bond donors (Lipinski definition) is 2. The van der Waals surface area contributed by atoms with Gasteiger partial charge in [-0.15, -0.1) is 22.0 Å². The topological polar surface area (TPSA) is 173 Å². The molecule has 2 aliphatic rings. The molecule has 2 amide bonds. The molecule has 0 saturated carbocycles. The Labute approximate surface area is 205 Å². The zero-order chi connectivity index (χ0) is 24.4. The second-order valence-electron chi connectivity index (χ2n) is 7.41. The van der Waals surface area contributed by atoms with Crippen molar-refractivity contribution in [1.29, 1.82) is 0 Å². The fraction of sp³-hybridized carbons (Fsp3) is 0.444. The second kappa shape index (κ2) is 10.1. The molecule has 0 bridgehead atoms. The number of aromatic nitrogens is 4. The van der Waals surface area contributed by atoms with Crippen LogP contribution < -0.4 is 5.32 Å². The van der Waals surface area contributed by atoms with Gasteiger partial charge in [0.15, 0.2) is 4.34 Å². The number of aryl methyl sites for hydroxylation is 2. The molecular formula is C18H19N7O6S3. The first-order valence-corrected chi connectivity index (χ1v) is 12.9. The lowest BCUT2D eigenvalue weighted by Gasteiger charge is -2.49. The van der Waals surface area contributed by atoms with E-state index in [1.165, 1.54) is 50.6 Å². The van der Waals surface area contributed by atoms with Gasteiger partial charge in [0, 0.05) is 24.5 Å². The van der Waals surface area contributed by atoms with Crippen molar-refractivity contribution in [2.24, 2.45) is 0 Å². The van der Waals surface area contributed by atoms with Gasteiger partial charge >= 0.3 is 11.7 Å². The molecule has 180 valence electrons. The Kier molecular flexibility index (Phi) is 7.18. The fourth-order valence-corrected chi connectivity index (χ4v) is 6.80. The summed E-state index contributed by atoms with van der Waals surface area (Å²) < 4.78 is 2.11. The molecule has 16 heteroatoms. The molecule has 2 aromatic heterocycles. The van der Waals surface area contributed by atoms with Crippen LogP contribution in [0.4, 0.5) is 5.69 Å². The van der Waals surface area contributed by atoms with Crippen molar-refractivity contribution >= 4 is 58.3 Å². The van der Waals surface area contributed by atoms with E-state index in [0.29, 0.717) is 30.0 Å². The summed E-state index contributed by atoms with van der Waals surface area (Å²) in [7, 11) is 0. The fourth-order valence-electron chi connectivity index (χ4n) is 3.50. The van der Waals surface area contributed by atoms with Gasteiger partial charge in [-0.25, -0.2) is 4.79 Å². The number of nitrogens with zero attached hydrogens (tertiary/aromatic N) is 6. The van der Waals surface area contributed by atoms with Crippen LogP contribution in [-0.4, -0.2) is 75.6 Å². The monoisotopic (exact) mass is 525 g/mol. The van der Waals surface area contributed by atoms with Crippen LogP contribution >= 0.6 is 34.9 Å². The summed E-state index contributed by atoms with van der Waals surface area (Å²) in [6, 6.07) is -0.794. The van der Waals surface area contributed by atoms with Crippen molar-refractivity contribution < 1.29 is 24.4 Å². The average Bonchev–Trinajstić information content (AvgIpc) is 3.44. The van der Waals surface area contributed by atoms with Crippen LogP contribution in [0.2, 0.25) is 0 Å². The van der Waals surface area contributed by atoms with Crippen LogP contribution in [0.5, 0.6) is 0 Å². The summed E-state index contributed by atoms with van der Waals surface area (Å²) in [6.45, 7) is 2.15. The number of thioether (sulfide) groups is 2.